The third-order valence-electron chi connectivity index (χ3n) is 7.68. The molecule has 9 N–H and O–H groups in total. The smallest absolute Gasteiger partial charge is 0.397 e. The maximum atomic E-state index is 12.8. The first-order valence-electron chi connectivity index (χ1n) is 16.5. The van der Waals surface area contributed by atoms with E-state index in [-0.39, 0.29) is 33.5 Å². The monoisotopic (exact) mass is 941 g/mol. The van der Waals surface area contributed by atoms with Crippen LogP contribution < -0.4 is 11.5 Å². The minimum absolute atomic E-state index is 0.0414. The number of nitrogens with zero attached hydrogens (tertiary/aromatic N) is 6. The lowest BCUT2D eigenvalue weighted by molar-refractivity contribution is 0.0687. The van der Waals surface area contributed by atoms with Crippen LogP contribution in [-0.2, 0) is 60.2 Å². The summed E-state index contributed by atoms with van der Waals surface area (Å²) in [7, 11) is -18.1. The van der Waals surface area contributed by atoms with Gasteiger partial charge in [-0.2, -0.15) is 27.1 Å². The van der Waals surface area contributed by atoms with Gasteiger partial charge in [-0.05, 0) is 66.2 Å². The number of nitrogens with one attached hydrogen (secondary N) is 1. The van der Waals surface area contributed by atoms with Crippen molar-refractivity contribution in [3.63, 3.8) is 0 Å². The lowest BCUT2D eigenvalue weighted by Crippen LogP contribution is -2.15. The van der Waals surface area contributed by atoms with E-state index in [1.165, 1.54) is 12.1 Å². The Morgan fingerprint density at radius 2 is 1.05 bits per heavy atom. The number of aromatic carboxylic acids is 2. The third-order valence-corrected chi connectivity index (χ3v) is 12.0. The highest BCUT2D eigenvalue weighted by Crippen LogP contribution is 2.49. The van der Waals surface area contributed by atoms with Crippen LogP contribution >= 0.6 is 0 Å². The molecule has 0 bridgehead atoms. The molecule has 0 atom stereocenters. The predicted octanol–water partition coefficient (Wildman–Crippen LogP) is 4.80. The molecule has 26 nitrogen and oxygen atoms in total. The van der Waals surface area contributed by atoms with Crippen LogP contribution in [0.1, 0.15) is 26.3 Å². The van der Waals surface area contributed by atoms with Gasteiger partial charge in [0, 0.05) is 0 Å². The number of carboxylic acid groups (broad SMARTS) is 2. The number of rotatable bonds is 21. The van der Waals surface area contributed by atoms with Crippen molar-refractivity contribution in [2.75, 3.05) is 36.2 Å². The molecular formula is C32H31N9O17S4. The Morgan fingerprint density at radius 1 is 0.613 bits per heavy atom. The fourth-order valence-electron chi connectivity index (χ4n) is 4.83. The summed E-state index contributed by atoms with van der Waals surface area (Å²) in [6, 6.07) is 12.6. The van der Waals surface area contributed by atoms with Crippen LogP contribution in [0.15, 0.2) is 107 Å². The molecule has 0 aliphatic rings. The molecule has 0 unspecified atom stereocenters. The molecule has 0 aliphatic carbocycles. The van der Waals surface area contributed by atoms with Crippen LogP contribution in [0.25, 0.3) is 0 Å². The summed E-state index contributed by atoms with van der Waals surface area (Å²) in [5.74, 6) is -4.89. The summed E-state index contributed by atoms with van der Waals surface area (Å²) in [6.07, 6.45) is 0.637. The number of carboxylic acids is 2. The second-order valence-electron chi connectivity index (χ2n) is 11.9. The molecule has 4 rings (SSSR count). The molecule has 0 aromatic heterocycles. The molecule has 30 heteroatoms. The molecule has 62 heavy (non-hydrogen) atoms. The molecule has 0 aliphatic heterocycles. The number of hydrogen-bond acceptors (Lipinski definition) is 22. The van der Waals surface area contributed by atoms with Crippen molar-refractivity contribution in [2.24, 2.45) is 30.7 Å². The Hall–Kier alpha value is -6.67. The normalized spacial score (nSPS) is 12.6. The lowest BCUT2D eigenvalue weighted by Gasteiger charge is -2.13. The SMILES string of the molecule is N=COCc1ccc(C(=O)O)c(N=Nc2c(N)c(N=Nc3ccc(S(=O)(=O)CCOS(=O)(=O)O)cc3)c(N)c(N=Nc3ccc(S(=O)(=O)CCOS(=O)(=O)O)cc3)c2C(=O)O)c1. The van der Waals surface area contributed by atoms with Crippen LogP contribution in [-0.4, -0.2) is 96.0 Å². The zero-order valence-electron chi connectivity index (χ0n) is 31.0. The molecule has 0 saturated heterocycles. The van der Waals surface area contributed by atoms with Gasteiger partial charge in [0.2, 0.25) is 0 Å². The van der Waals surface area contributed by atoms with Gasteiger partial charge in [-0.3, -0.25) is 14.5 Å². The average Bonchev–Trinajstić information content (AvgIpc) is 3.18. The number of benzene rings is 4. The Bertz CT molecular complexity index is 2930. The highest BCUT2D eigenvalue weighted by Gasteiger charge is 2.27. The van der Waals surface area contributed by atoms with E-state index < -0.39 is 117 Å². The lowest BCUT2D eigenvalue weighted by atomic mass is 10.1. The van der Waals surface area contributed by atoms with E-state index in [1.54, 1.807) is 0 Å². The maximum absolute atomic E-state index is 12.8. The number of ether oxygens (including phenoxy) is 1. The largest absolute Gasteiger partial charge is 0.479 e. The standard InChI is InChI=1S/C32H31N9O17S4/c33-17-56-16-18-1-10-23(31(42)43)24(15-18)38-40-29-25(32(44)45)28(39-36-19-2-6-21(7-3-19)59(46,47)13-11-57-61(50,51)52)26(34)30(27(29)35)41-37-20-4-8-22(9-5-20)60(48,49)14-12-58-62(53,54)55/h1-10,15,17,33H,11-14,16,34-35H2,(H,42,43)(H,44,45)(H,50,51,52)(H,53,54,55). The summed E-state index contributed by atoms with van der Waals surface area (Å²) < 4.78 is 124. The first-order chi connectivity index (χ1) is 28.9. The maximum Gasteiger partial charge on any atom is 0.397 e. The van der Waals surface area contributed by atoms with Crippen molar-refractivity contribution >= 4 is 104 Å². The molecule has 4 aromatic rings. The van der Waals surface area contributed by atoms with E-state index in [4.69, 9.17) is 30.7 Å². The second kappa shape index (κ2) is 19.8. The van der Waals surface area contributed by atoms with Gasteiger partial charge >= 0.3 is 32.7 Å². The summed E-state index contributed by atoms with van der Waals surface area (Å²) in [6.45, 7) is -1.97. The molecule has 4 aromatic carbocycles. The molecule has 0 radical (unpaired) electrons. The number of nitrogen functional groups attached to an aromatic ring is 2. The number of anilines is 2. The first kappa shape index (κ1) is 48.0. The minimum Gasteiger partial charge on any atom is -0.479 e. The molecule has 0 saturated carbocycles. The third kappa shape index (κ3) is 13.2. The van der Waals surface area contributed by atoms with Gasteiger partial charge < -0.3 is 26.4 Å². The van der Waals surface area contributed by atoms with Gasteiger partial charge in [-0.25, -0.2) is 34.8 Å². The van der Waals surface area contributed by atoms with E-state index >= 15 is 0 Å². The molecule has 0 spiro atoms. The highest BCUT2D eigenvalue weighted by molar-refractivity contribution is 7.91. The van der Waals surface area contributed by atoms with E-state index in [0.29, 0.717) is 12.0 Å². The Kier molecular flexibility index (Phi) is 15.3. The quantitative estimate of drug-likeness (QED) is 0.0194. The van der Waals surface area contributed by atoms with Crippen molar-refractivity contribution < 1.29 is 75.7 Å². The van der Waals surface area contributed by atoms with Crippen molar-refractivity contribution in [3.8, 4) is 0 Å². The Morgan fingerprint density at radius 3 is 1.45 bits per heavy atom. The van der Waals surface area contributed by atoms with Gasteiger partial charge in [-0.1, -0.05) is 6.07 Å². The van der Waals surface area contributed by atoms with Gasteiger partial charge in [0.1, 0.15) is 34.9 Å². The topological polar surface area (TPSA) is 429 Å². The summed E-state index contributed by atoms with van der Waals surface area (Å²) in [5, 5.41) is 50.9. The van der Waals surface area contributed by atoms with Crippen molar-refractivity contribution in [1.82, 2.24) is 0 Å². The van der Waals surface area contributed by atoms with Gasteiger partial charge in [0.15, 0.2) is 26.1 Å². The molecule has 0 heterocycles. The molecule has 330 valence electrons. The van der Waals surface area contributed by atoms with Crippen LogP contribution in [0.4, 0.5) is 45.5 Å². The van der Waals surface area contributed by atoms with E-state index in [2.05, 4.69) is 39.1 Å². The van der Waals surface area contributed by atoms with Gasteiger partial charge in [-0.15, -0.1) is 20.5 Å². The average molecular weight is 942 g/mol. The second-order valence-corrected chi connectivity index (χ2v) is 18.3. The predicted molar refractivity (Wildman–Crippen MR) is 214 cm³/mol. The van der Waals surface area contributed by atoms with E-state index in [0.717, 1.165) is 54.6 Å². The zero-order chi connectivity index (χ0) is 46.0. The Labute approximate surface area is 350 Å². The Balaban J connectivity index is 1.83. The van der Waals surface area contributed by atoms with Crippen LogP contribution in [0, 0.1) is 5.41 Å². The number of sulfone groups is 2. The number of hydrogen-bond donors (Lipinski definition) is 7. The number of azo groups is 3. The summed E-state index contributed by atoms with van der Waals surface area (Å²) in [4.78, 5) is 24.2. The van der Waals surface area contributed by atoms with Crippen molar-refractivity contribution in [2.45, 2.75) is 16.4 Å². The van der Waals surface area contributed by atoms with Gasteiger partial charge in [0.25, 0.3) is 0 Å². The van der Waals surface area contributed by atoms with Crippen LogP contribution in [0.2, 0.25) is 0 Å². The molecule has 0 fully saturated rings. The minimum atomic E-state index is -4.91. The van der Waals surface area contributed by atoms with E-state index in [1.807, 2.05) is 0 Å². The van der Waals surface area contributed by atoms with Crippen molar-refractivity contribution in [3.05, 3.63) is 83.4 Å². The van der Waals surface area contributed by atoms with E-state index in [9.17, 15) is 53.5 Å². The van der Waals surface area contributed by atoms with Gasteiger partial charge in [0.05, 0.1) is 62.8 Å². The molecular weight excluding hydrogens is 911 g/mol. The zero-order valence-corrected chi connectivity index (χ0v) is 34.3. The van der Waals surface area contributed by atoms with Crippen LogP contribution in [0.3, 0.4) is 0 Å². The molecule has 0 amide bonds. The summed E-state index contributed by atoms with van der Waals surface area (Å²) >= 11 is 0. The first-order valence-corrected chi connectivity index (χ1v) is 22.6. The number of carbonyl (C=O) groups is 2. The fourth-order valence-corrected chi connectivity index (χ4v) is 7.81. The fraction of sp³-hybridized carbons (Fsp3) is 0.156. The van der Waals surface area contributed by atoms with Crippen LogP contribution in [0.5, 0.6) is 0 Å². The summed E-state index contributed by atoms with van der Waals surface area (Å²) in [5.41, 5.74) is 8.34. The highest BCUT2D eigenvalue weighted by atomic mass is 32.3. The number of nitrogens with two attached hydrogens (primary N) is 2. The van der Waals surface area contributed by atoms with Crippen molar-refractivity contribution in [1.29, 1.82) is 5.41 Å².